The number of carbonyl (C=O) groups is 1. The molecule has 2 heterocycles. The summed E-state index contributed by atoms with van der Waals surface area (Å²) in [6, 6.07) is 10.2. The second-order valence-corrected chi connectivity index (χ2v) is 6.85. The quantitative estimate of drug-likeness (QED) is 0.913. The maximum absolute atomic E-state index is 12.6. The fraction of sp³-hybridized carbons (Fsp3) is 0.450. The average molecular weight is 352 g/mol. The van der Waals surface area contributed by atoms with E-state index in [-0.39, 0.29) is 17.9 Å². The smallest absolute Gasteiger partial charge is 0.234 e. The number of anilines is 1. The molecule has 1 amide bonds. The Bertz CT molecular complexity index is 829. The summed E-state index contributed by atoms with van der Waals surface area (Å²) in [6.07, 6.45) is 1.47. The SMILES string of the molecule is Cc1nc(C#N)c(N2CCC(C(=O)NC(C)c3ccccc3C)CC2)o1. The number of hydrogen-bond donors (Lipinski definition) is 1. The lowest BCUT2D eigenvalue weighted by Gasteiger charge is -2.31. The first-order valence-electron chi connectivity index (χ1n) is 8.98. The Morgan fingerprint density at radius 1 is 1.35 bits per heavy atom. The van der Waals surface area contributed by atoms with Crippen LogP contribution < -0.4 is 10.2 Å². The summed E-state index contributed by atoms with van der Waals surface area (Å²) < 4.78 is 5.57. The minimum Gasteiger partial charge on any atom is -0.424 e. The van der Waals surface area contributed by atoms with Crippen LogP contribution in [0.25, 0.3) is 0 Å². The van der Waals surface area contributed by atoms with Crippen LogP contribution in [-0.4, -0.2) is 24.0 Å². The van der Waals surface area contributed by atoms with Gasteiger partial charge in [-0.3, -0.25) is 4.79 Å². The summed E-state index contributed by atoms with van der Waals surface area (Å²) in [7, 11) is 0. The van der Waals surface area contributed by atoms with E-state index in [2.05, 4.69) is 35.4 Å². The van der Waals surface area contributed by atoms with Crippen LogP contribution in [0.5, 0.6) is 0 Å². The molecule has 1 unspecified atom stereocenters. The summed E-state index contributed by atoms with van der Waals surface area (Å²) in [5, 5.41) is 12.3. The third-order valence-electron chi connectivity index (χ3n) is 4.99. The second kappa shape index (κ2) is 7.61. The first-order valence-corrected chi connectivity index (χ1v) is 8.98. The number of hydrogen-bond acceptors (Lipinski definition) is 5. The number of carbonyl (C=O) groups excluding carboxylic acids is 1. The van der Waals surface area contributed by atoms with Crippen LogP contribution in [0.15, 0.2) is 28.7 Å². The van der Waals surface area contributed by atoms with Crippen LogP contribution in [0.4, 0.5) is 5.88 Å². The van der Waals surface area contributed by atoms with E-state index in [9.17, 15) is 4.79 Å². The van der Waals surface area contributed by atoms with Crippen LogP contribution in [0.2, 0.25) is 0 Å². The Morgan fingerprint density at radius 2 is 2.04 bits per heavy atom. The molecule has 1 aliphatic heterocycles. The molecule has 1 fully saturated rings. The number of aromatic nitrogens is 1. The minimum atomic E-state index is -0.0210. The molecule has 136 valence electrons. The molecule has 6 nitrogen and oxygen atoms in total. The number of nitriles is 1. The third-order valence-corrected chi connectivity index (χ3v) is 4.99. The van der Waals surface area contributed by atoms with Gasteiger partial charge in [-0.1, -0.05) is 24.3 Å². The van der Waals surface area contributed by atoms with Crippen LogP contribution in [0, 0.1) is 31.1 Å². The Morgan fingerprint density at radius 3 is 2.69 bits per heavy atom. The van der Waals surface area contributed by atoms with E-state index in [1.807, 2.05) is 24.0 Å². The van der Waals surface area contributed by atoms with Gasteiger partial charge in [-0.15, -0.1) is 0 Å². The zero-order chi connectivity index (χ0) is 18.7. The lowest BCUT2D eigenvalue weighted by Crippen LogP contribution is -2.41. The molecule has 1 aliphatic rings. The van der Waals surface area contributed by atoms with Gasteiger partial charge in [0.25, 0.3) is 0 Å². The van der Waals surface area contributed by atoms with Gasteiger partial charge in [0.05, 0.1) is 6.04 Å². The van der Waals surface area contributed by atoms with Gasteiger partial charge >= 0.3 is 0 Å². The number of nitrogens with zero attached hydrogens (tertiary/aromatic N) is 3. The van der Waals surface area contributed by atoms with E-state index in [0.29, 0.717) is 30.6 Å². The van der Waals surface area contributed by atoms with E-state index in [1.54, 1.807) is 6.92 Å². The lowest BCUT2D eigenvalue weighted by atomic mass is 9.94. The summed E-state index contributed by atoms with van der Waals surface area (Å²) in [4.78, 5) is 18.7. The number of piperidine rings is 1. The number of amides is 1. The largest absolute Gasteiger partial charge is 0.424 e. The molecule has 1 aromatic heterocycles. The van der Waals surface area contributed by atoms with Crippen molar-refractivity contribution in [2.45, 2.75) is 39.7 Å². The summed E-state index contributed by atoms with van der Waals surface area (Å²) in [5.74, 6) is 1.09. The van der Waals surface area contributed by atoms with Gasteiger partial charge in [-0.2, -0.15) is 5.26 Å². The van der Waals surface area contributed by atoms with Crippen LogP contribution in [0.1, 0.15) is 48.5 Å². The highest BCUT2D eigenvalue weighted by Crippen LogP contribution is 2.27. The summed E-state index contributed by atoms with van der Waals surface area (Å²) in [6.45, 7) is 7.17. The van der Waals surface area contributed by atoms with Gasteiger partial charge in [0, 0.05) is 25.9 Å². The topological polar surface area (TPSA) is 82.2 Å². The van der Waals surface area contributed by atoms with Crippen molar-refractivity contribution in [3.63, 3.8) is 0 Å². The van der Waals surface area contributed by atoms with Crippen LogP contribution >= 0.6 is 0 Å². The highest BCUT2D eigenvalue weighted by atomic mass is 16.4. The molecule has 0 bridgehead atoms. The van der Waals surface area contributed by atoms with E-state index in [0.717, 1.165) is 18.4 Å². The van der Waals surface area contributed by atoms with Crippen molar-refractivity contribution >= 4 is 11.8 Å². The monoisotopic (exact) mass is 352 g/mol. The van der Waals surface area contributed by atoms with Crippen molar-refractivity contribution in [1.82, 2.24) is 10.3 Å². The third kappa shape index (κ3) is 3.72. The molecule has 0 aliphatic carbocycles. The molecule has 1 aromatic carbocycles. The van der Waals surface area contributed by atoms with E-state index < -0.39 is 0 Å². The molecule has 3 rings (SSSR count). The van der Waals surface area contributed by atoms with Crippen molar-refractivity contribution in [2.24, 2.45) is 5.92 Å². The highest BCUT2D eigenvalue weighted by Gasteiger charge is 2.29. The Balaban J connectivity index is 1.58. The number of aryl methyl sites for hydroxylation is 2. The Kier molecular flexibility index (Phi) is 5.27. The molecule has 0 radical (unpaired) electrons. The number of rotatable bonds is 4. The summed E-state index contributed by atoms with van der Waals surface area (Å²) >= 11 is 0. The van der Waals surface area contributed by atoms with Crippen LogP contribution in [-0.2, 0) is 4.79 Å². The van der Waals surface area contributed by atoms with E-state index in [1.165, 1.54) is 5.56 Å². The number of nitrogens with one attached hydrogen (secondary N) is 1. The van der Waals surface area contributed by atoms with Crippen molar-refractivity contribution in [1.29, 1.82) is 5.26 Å². The van der Waals surface area contributed by atoms with Gasteiger partial charge < -0.3 is 14.6 Å². The van der Waals surface area contributed by atoms with Crippen molar-refractivity contribution in [3.05, 3.63) is 47.0 Å². The standard InChI is InChI=1S/C20H24N4O2/c1-13-6-4-5-7-17(13)14(2)22-19(25)16-8-10-24(11-9-16)20-18(12-21)23-15(3)26-20/h4-7,14,16H,8-11H2,1-3H3,(H,22,25). The Labute approximate surface area is 153 Å². The van der Waals surface area contributed by atoms with E-state index >= 15 is 0 Å². The van der Waals surface area contributed by atoms with Crippen LogP contribution in [0.3, 0.4) is 0 Å². The molecule has 1 saturated heterocycles. The van der Waals surface area contributed by atoms with Gasteiger partial charge in [-0.05, 0) is 37.8 Å². The first-order chi connectivity index (χ1) is 12.5. The predicted octanol–water partition coefficient (Wildman–Crippen LogP) is 3.26. The highest BCUT2D eigenvalue weighted by molar-refractivity contribution is 5.79. The zero-order valence-electron chi connectivity index (χ0n) is 15.5. The van der Waals surface area contributed by atoms with Crippen molar-refractivity contribution in [3.8, 4) is 6.07 Å². The number of benzene rings is 1. The summed E-state index contributed by atoms with van der Waals surface area (Å²) in [5.41, 5.74) is 2.65. The zero-order valence-corrected chi connectivity index (χ0v) is 15.5. The average Bonchev–Trinajstić information content (AvgIpc) is 3.03. The maximum Gasteiger partial charge on any atom is 0.234 e. The number of oxazole rings is 1. The maximum atomic E-state index is 12.6. The fourth-order valence-electron chi connectivity index (χ4n) is 3.53. The van der Waals surface area contributed by atoms with Crippen molar-refractivity contribution in [2.75, 3.05) is 18.0 Å². The molecule has 0 saturated carbocycles. The normalized spacial score (nSPS) is 16.2. The molecule has 26 heavy (non-hydrogen) atoms. The minimum absolute atomic E-state index is 0.0103. The Hall–Kier alpha value is -2.81. The first kappa shape index (κ1) is 18.0. The van der Waals surface area contributed by atoms with Gasteiger partial charge in [0.1, 0.15) is 6.07 Å². The van der Waals surface area contributed by atoms with Gasteiger partial charge in [-0.25, -0.2) is 4.98 Å². The fourth-order valence-corrected chi connectivity index (χ4v) is 3.53. The molecular formula is C20H24N4O2. The molecular weight excluding hydrogens is 328 g/mol. The second-order valence-electron chi connectivity index (χ2n) is 6.85. The predicted molar refractivity (Wildman–Crippen MR) is 98.6 cm³/mol. The molecule has 6 heteroatoms. The molecule has 1 N–H and O–H groups in total. The lowest BCUT2D eigenvalue weighted by molar-refractivity contribution is -0.126. The van der Waals surface area contributed by atoms with E-state index in [4.69, 9.17) is 9.68 Å². The van der Waals surface area contributed by atoms with Gasteiger partial charge in [0.2, 0.25) is 17.5 Å². The van der Waals surface area contributed by atoms with Crippen molar-refractivity contribution < 1.29 is 9.21 Å². The molecule has 0 spiro atoms. The molecule has 2 aromatic rings. The molecule has 1 atom stereocenters. The van der Waals surface area contributed by atoms with Gasteiger partial charge in [0.15, 0.2) is 5.89 Å².